The van der Waals surface area contributed by atoms with Crippen molar-refractivity contribution >= 4 is 43.5 Å². The maximum Gasteiger partial charge on any atom is 0.264 e. The number of halogens is 3. The van der Waals surface area contributed by atoms with Crippen LogP contribution in [0.2, 0.25) is 5.02 Å². The van der Waals surface area contributed by atoms with Gasteiger partial charge in [-0.2, -0.15) is 0 Å². The summed E-state index contributed by atoms with van der Waals surface area (Å²) < 4.78 is 44.9. The lowest BCUT2D eigenvalue weighted by Gasteiger charge is -2.09. The molecule has 0 saturated heterocycles. The Bertz CT molecular complexity index is 889. The molecule has 2 rings (SSSR count). The lowest BCUT2D eigenvalue weighted by Crippen LogP contribution is -2.31. The molecule has 0 atom stereocenters. The monoisotopic (exact) mass is 435 g/mol. The molecule has 1 amide bonds. The van der Waals surface area contributed by atoms with Gasteiger partial charge in [0.2, 0.25) is 5.91 Å². The van der Waals surface area contributed by atoms with E-state index in [0.717, 1.165) is 6.07 Å². The predicted molar refractivity (Wildman–Crippen MR) is 91.1 cm³/mol. The minimum Gasteiger partial charge on any atom is -0.496 e. The summed E-state index contributed by atoms with van der Waals surface area (Å²) in [5, 5.41) is -0.137. The topological polar surface area (TPSA) is 72.5 Å². The Hall–Kier alpha value is -1.64. The van der Waals surface area contributed by atoms with Crippen LogP contribution in [0.25, 0.3) is 0 Å². The summed E-state index contributed by atoms with van der Waals surface area (Å²) in [6, 6.07) is 7.84. The molecule has 2 aromatic carbocycles. The van der Waals surface area contributed by atoms with Gasteiger partial charge in [0, 0.05) is 0 Å². The van der Waals surface area contributed by atoms with Crippen LogP contribution in [-0.4, -0.2) is 21.4 Å². The minimum absolute atomic E-state index is 0.0966. The molecular weight excluding hydrogens is 425 g/mol. The first kappa shape index (κ1) is 18.7. The lowest BCUT2D eigenvalue weighted by atomic mass is 10.1. The van der Waals surface area contributed by atoms with Crippen molar-refractivity contribution < 1.29 is 22.3 Å². The standard InChI is InChI=1S/C15H12BrClFNO4S/c1-23-14-5-3-10(8-11(14)16)24(21,22)19-15(20)7-9-2-4-13(18)12(17)6-9/h2-6,8H,7H2,1H3,(H,19,20). The molecule has 0 aliphatic heterocycles. The maximum atomic E-state index is 13.1. The van der Waals surface area contributed by atoms with Crippen molar-refractivity contribution in [3.05, 3.63) is 57.3 Å². The normalized spacial score (nSPS) is 11.2. The molecule has 0 unspecified atom stereocenters. The number of hydrogen-bond donors (Lipinski definition) is 1. The van der Waals surface area contributed by atoms with E-state index >= 15 is 0 Å². The molecule has 0 spiro atoms. The quantitative estimate of drug-likeness (QED) is 0.781. The molecule has 2 aromatic rings. The highest BCUT2D eigenvalue weighted by Crippen LogP contribution is 2.27. The molecule has 0 radical (unpaired) electrons. The number of sulfonamides is 1. The van der Waals surface area contributed by atoms with Gasteiger partial charge in [0.05, 0.1) is 27.9 Å². The van der Waals surface area contributed by atoms with Crippen molar-refractivity contribution in [1.29, 1.82) is 0 Å². The smallest absolute Gasteiger partial charge is 0.264 e. The van der Waals surface area contributed by atoms with Gasteiger partial charge >= 0.3 is 0 Å². The first-order chi connectivity index (χ1) is 11.2. The Morgan fingerprint density at radius 2 is 2.00 bits per heavy atom. The van der Waals surface area contributed by atoms with E-state index < -0.39 is 21.7 Å². The highest BCUT2D eigenvalue weighted by atomic mass is 79.9. The second-order valence-electron chi connectivity index (χ2n) is 4.75. The first-order valence-corrected chi connectivity index (χ1v) is 9.21. The zero-order chi connectivity index (χ0) is 17.9. The summed E-state index contributed by atoms with van der Waals surface area (Å²) in [5.41, 5.74) is 0.394. The van der Waals surface area contributed by atoms with E-state index in [4.69, 9.17) is 16.3 Å². The predicted octanol–water partition coefficient (Wildman–Crippen LogP) is 3.30. The van der Waals surface area contributed by atoms with Crippen molar-refractivity contribution in [1.82, 2.24) is 4.72 Å². The minimum atomic E-state index is -4.04. The Morgan fingerprint density at radius 1 is 1.29 bits per heavy atom. The van der Waals surface area contributed by atoms with Crippen LogP contribution < -0.4 is 9.46 Å². The summed E-state index contributed by atoms with van der Waals surface area (Å²) in [6.45, 7) is 0. The van der Waals surface area contributed by atoms with Gasteiger partial charge in [-0.25, -0.2) is 17.5 Å². The van der Waals surface area contributed by atoms with Gasteiger partial charge < -0.3 is 4.74 Å². The summed E-state index contributed by atoms with van der Waals surface area (Å²) >= 11 is 8.81. The summed E-state index contributed by atoms with van der Waals surface area (Å²) in [7, 11) is -2.59. The number of ether oxygens (including phenoxy) is 1. The van der Waals surface area contributed by atoms with E-state index in [2.05, 4.69) is 15.9 Å². The van der Waals surface area contributed by atoms with Crippen LogP contribution in [0.15, 0.2) is 45.8 Å². The Labute approximate surface area is 152 Å². The van der Waals surface area contributed by atoms with Gasteiger partial charge in [-0.3, -0.25) is 4.79 Å². The molecule has 0 aromatic heterocycles. The van der Waals surface area contributed by atoms with Gasteiger partial charge in [0.15, 0.2) is 0 Å². The zero-order valence-corrected chi connectivity index (χ0v) is 15.5. The number of carbonyl (C=O) groups is 1. The average Bonchev–Trinajstić information content (AvgIpc) is 2.50. The highest BCUT2D eigenvalue weighted by molar-refractivity contribution is 9.10. The first-order valence-electron chi connectivity index (χ1n) is 6.56. The van der Waals surface area contributed by atoms with Gasteiger partial charge in [-0.1, -0.05) is 17.7 Å². The van der Waals surface area contributed by atoms with E-state index in [1.807, 2.05) is 4.72 Å². The fraction of sp³-hybridized carbons (Fsp3) is 0.133. The van der Waals surface area contributed by atoms with E-state index in [1.54, 1.807) is 0 Å². The van der Waals surface area contributed by atoms with Gasteiger partial charge in [-0.15, -0.1) is 0 Å². The van der Waals surface area contributed by atoms with Crippen LogP contribution in [0, 0.1) is 5.82 Å². The number of methoxy groups -OCH3 is 1. The Morgan fingerprint density at radius 3 is 2.58 bits per heavy atom. The largest absolute Gasteiger partial charge is 0.496 e. The fourth-order valence-corrected chi connectivity index (χ4v) is 3.80. The number of hydrogen-bond acceptors (Lipinski definition) is 4. The van der Waals surface area contributed by atoms with Crippen LogP contribution >= 0.6 is 27.5 Å². The maximum absolute atomic E-state index is 13.1. The highest BCUT2D eigenvalue weighted by Gasteiger charge is 2.19. The molecule has 128 valence electrons. The van der Waals surface area contributed by atoms with E-state index in [9.17, 15) is 17.6 Å². The SMILES string of the molecule is COc1ccc(S(=O)(=O)NC(=O)Cc2ccc(F)c(Cl)c2)cc1Br. The third-order valence-electron chi connectivity index (χ3n) is 3.03. The average molecular weight is 437 g/mol. The summed E-state index contributed by atoms with van der Waals surface area (Å²) in [6.07, 6.45) is -0.253. The Balaban J connectivity index is 2.14. The molecule has 5 nitrogen and oxygen atoms in total. The lowest BCUT2D eigenvalue weighted by molar-refractivity contribution is -0.118. The molecule has 0 aliphatic carbocycles. The Kier molecular flexibility index (Phi) is 5.84. The molecular formula is C15H12BrClFNO4S. The fourth-order valence-electron chi connectivity index (χ4n) is 1.89. The second-order valence-corrected chi connectivity index (χ2v) is 7.69. The molecule has 9 heteroatoms. The van der Waals surface area contributed by atoms with Crippen LogP contribution in [0.1, 0.15) is 5.56 Å². The van der Waals surface area contributed by atoms with Crippen molar-refractivity contribution in [2.75, 3.05) is 7.11 Å². The molecule has 0 saturated carbocycles. The van der Waals surface area contributed by atoms with E-state index in [-0.39, 0.29) is 16.3 Å². The van der Waals surface area contributed by atoms with Crippen molar-refractivity contribution in [2.45, 2.75) is 11.3 Å². The zero-order valence-electron chi connectivity index (χ0n) is 12.3. The summed E-state index contributed by atoms with van der Waals surface area (Å²) in [4.78, 5) is 11.8. The van der Waals surface area contributed by atoms with Crippen LogP contribution in [0.3, 0.4) is 0 Å². The van der Waals surface area contributed by atoms with Gasteiger partial charge in [-0.05, 0) is 51.8 Å². The number of rotatable bonds is 5. The van der Waals surface area contributed by atoms with Gasteiger partial charge in [0.25, 0.3) is 10.0 Å². The third-order valence-corrected chi connectivity index (χ3v) is 5.31. The molecule has 0 bridgehead atoms. The van der Waals surface area contributed by atoms with Crippen molar-refractivity contribution in [2.24, 2.45) is 0 Å². The van der Waals surface area contributed by atoms with Crippen LogP contribution in [-0.2, 0) is 21.2 Å². The molecule has 0 aliphatic rings. The molecule has 0 heterocycles. The number of nitrogens with one attached hydrogen (secondary N) is 1. The molecule has 1 N–H and O–H groups in total. The van der Waals surface area contributed by atoms with Gasteiger partial charge in [0.1, 0.15) is 11.6 Å². The van der Waals surface area contributed by atoms with E-state index in [1.165, 1.54) is 37.4 Å². The second kappa shape index (κ2) is 7.50. The number of benzene rings is 2. The third kappa shape index (κ3) is 4.46. The van der Waals surface area contributed by atoms with Crippen molar-refractivity contribution in [3.63, 3.8) is 0 Å². The molecule has 0 fully saturated rings. The van der Waals surface area contributed by atoms with E-state index in [0.29, 0.717) is 15.8 Å². The van der Waals surface area contributed by atoms with Crippen LogP contribution in [0.4, 0.5) is 4.39 Å². The molecule has 24 heavy (non-hydrogen) atoms. The number of amides is 1. The van der Waals surface area contributed by atoms with Crippen LogP contribution in [0.5, 0.6) is 5.75 Å². The van der Waals surface area contributed by atoms with Crippen molar-refractivity contribution in [3.8, 4) is 5.75 Å². The number of carbonyl (C=O) groups excluding carboxylic acids is 1. The summed E-state index contributed by atoms with van der Waals surface area (Å²) in [5.74, 6) is -0.914.